The first-order valence-corrected chi connectivity index (χ1v) is 7.41. The van der Waals surface area contributed by atoms with Crippen LogP contribution in [0.4, 0.5) is 0 Å². The molecule has 0 aliphatic heterocycles. The first-order valence-electron chi connectivity index (χ1n) is 6.59. The van der Waals surface area contributed by atoms with Gasteiger partial charge in [-0.2, -0.15) is 5.10 Å². The average molecular weight is 261 g/mol. The van der Waals surface area contributed by atoms with Crippen molar-refractivity contribution in [1.82, 2.24) is 9.78 Å². The molecule has 1 unspecified atom stereocenters. The van der Waals surface area contributed by atoms with Gasteiger partial charge in [0.25, 0.3) is 0 Å². The summed E-state index contributed by atoms with van der Waals surface area (Å²) >= 11 is 1.90. The summed E-state index contributed by atoms with van der Waals surface area (Å²) in [5, 5.41) is 4.20. The zero-order chi connectivity index (χ0) is 12.5. The van der Waals surface area contributed by atoms with Crippen LogP contribution in [0.1, 0.15) is 46.2 Å². The Morgan fingerprint density at radius 3 is 2.94 bits per heavy atom. The minimum absolute atomic E-state index is 0.0179. The maximum absolute atomic E-state index is 6.34. The lowest BCUT2D eigenvalue weighted by Crippen LogP contribution is -2.09. The molecule has 0 fully saturated rings. The van der Waals surface area contributed by atoms with Crippen LogP contribution in [0.5, 0.6) is 0 Å². The largest absolute Gasteiger partial charge is 0.320 e. The van der Waals surface area contributed by atoms with Crippen LogP contribution < -0.4 is 5.73 Å². The minimum Gasteiger partial charge on any atom is -0.320 e. The normalized spacial score (nSPS) is 17.2. The van der Waals surface area contributed by atoms with Gasteiger partial charge in [-0.15, -0.1) is 11.3 Å². The highest BCUT2D eigenvalue weighted by Gasteiger charge is 2.18. The molecule has 0 aromatic carbocycles. The molecular formula is C14H19N3S. The van der Waals surface area contributed by atoms with E-state index in [1.807, 2.05) is 35.5 Å². The molecule has 96 valence electrons. The van der Waals surface area contributed by atoms with Crippen LogP contribution in [-0.4, -0.2) is 9.78 Å². The number of rotatable bonds is 2. The van der Waals surface area contributed by atoms with Gasteiger partial charge in [-0.3, -0.25) is 4.68 Å². The van der Waals surface area contributed by atoms with Crippen molar-refractivity contribution in [3.8, 4) is 0 Å². The highest BCUT2D eigenvalue weighted by atomic mass is 32.1. The number of hydrogen-bond acceptors (Lipinski definition) is 3. The molecule has 3 rings (SSSR count). The van der Waals surface area contributed by atoms with E-state index in [2.05, 4.69) is 11.2 Å². The Morgan fingerprint density at radius 1 is 1.33 bits per heavy atom. The fourth-order valence-electron chi connectivity index (χ4n) is 2.61. The van der Waals surface area contributed by atoms with E-state index in [1.165, 1.54) is 42.5 Å². The molecule has 1 aliphatic rings. The molecule has 4 heteroatoms. The first-order chi connectivity index (χ1) is 8.74. The Hall–Kier alpha value is -1.13. The molecule has 2 N–H and O–H groups in total. The van der Waals surface area contributed by atoms with Crippen LogP contribution in [0.2, 0.25) is 0 Å². The summed E-state index contributed by atoms with van der Waals surface area (Å²) < 4.78 is 1.81. The number of hydrogen-bond donors (Lipinski definition) is 1. The second-order valence-corrected chi connectivity index (χ2v) is 6.25. The maximum atomic E-state index is 6.34. The summed E-state index contributed by atoms with van der Waals surface area (Å²) in [6.45, 7) is 0. The second kappa shape index (κ2) is 4.86. The molecule has 0 bridgehead atoms. The third-order valence-corrected chi connectivity index (χ3v) is 4.98. The van der Waals surface area contributed by atoms with E-state index in [9.17, 15) is 0 Å². The van der Waals surface area contributed by atoms with Crippen LogP contribution in [0.25, 0.3) is 0 Å². The predicted molar refractivity (Wildman–Crippen MR) is 74.8 cm³/mol. The predicted octanol–water partition coefficient (Wildman–Crippen LogP) is 2.80. The van der Waals surface area contributed by atoms with Crippen molar-refractivity contribution >= 4 is 11.3 Å². The van der Waals surface area contributed by atoms with Gasteiger partial charge >= 0.3 is 0 Å². The van der Waals surface area contributed by atoms with Gasteiger partial charge in [-0.05, 0) is 37.3 Å². The molecule has 0 saturated carbocycles. The van der Waals surface area contributed by atoms with Crippen molar-refractivity contribution < 1.29 is 0 Å². The van der Waals surface area contributed by atoms with Gasteiger partial charge in [0, 0.05) is 28.6 Å². The summed E-state index contributed by atoms with van der Waals surface area (Å²) in [4.78, 5) is 2.84. The van der Waals surface area contributed by atoms with Gasteiger partial charge < -0.3 is 5.73 Å². The quantitative estimate of drug-likeness (QED) is 0.845. The number of aromatic nitrogens is 2. The molecule has 18 heavy (non-hydrogen) atoms. The third-order valence-electron chi connectivity index (χ3n) is 3.66. The summed E-state index contributed by atoms with van der Waals surface area (Å²) in [6, 6.07) is 2.30. The van der Waals surface area contributed by atoms with Crippen molar-refractivity contribution in [2.45, 2.75) is 38.1 Å². The third kappa shape index (κ3) is 2.22. The molecule has 0 radical (unpaired) electrons. The Kier molecular flexibility index (Phi) is 3.22. The molecule has 1 atom stereocenters. The van der Waals surface area contributed by atoms with Crippen molar-refractivity contribution in [3.63, 3.8) is 0 Å². The van der Waals surface area contributed by atoms with E-state index in [-0.39, 0.29) is 6.04 Å². The summed E-state index contributed by atoms with van der Waals surface area (Å²) in [5.74, 6) is 0. The molecule has 2 heterocycles. The summed E-state index contributed by atoms with van der Waals surface area (Å²) in [6.07, 6.45) is 10.4. The molecule has 2 aromatic heterocycles. The number of thiophene rings is 1. The molecule has 3 nitrogen and oxygen atoms in total. The minimum atomic E-state index is -0.0179. The SMILES string of the molecule is Cn1cc(C(N)c2cc3c(s2)CCCCC3)cn1. The molecule has 0 saturated heterocycles. The van der Waals surface area contributed by atoms with E-state index >= 15 is 0 Å². The molecule has 1 aliphatic carbocycles. The molecule has 0 amide bonds. The lowest BCUT2D eigenvalue weighted by molar-refractivity contribution is 0.712. The number of aryl methyl sites for hydroxylation is 3. The van der Waals surface area contributed by atoms with Crippen molar-refractivity contribution in [2.24, 2.45) is 12.8 Å². The topological polar surface area (TPSA) is 43.8 Å². The highest BCUT2D eigenvalue weighted by molar-refractivity contribution is 7.12. The lowest BCUT2D eigenvalue weighted by Gasteiger charge is -2.06. The zero-order valence-electron chi connectivity index (χ0n) is 10.7. The van der Waals surface area contributed by atoms with Crippen molar-refractivity contribution in [2.75, 3.05) is 0 Å². The molecular weight excluding hydrogens is 242 g/mol. The van der Waals surface area contributed by atoms with Crippen molar-refractivity contribution in [3.05, 3.63) is 39.3 Å². The first kappa shape index (κ1) is 11.9. The summed E-state index contributed by atoms with van der Waals surface area (Å²) in [7, 11) is 1.93. The zero-order valence-corrected chi connectivity index (χ0v) is 11.5. The van der Waals surface area contributed by atoms with Gasteiger partial charge in [-0.1, -0.05) is 6.42 Å². The number of nitrogens with two attached hydrogens (primary N) is 1. The lowest BCUT2D eigenvalue weighted by atomic mass is 10.1. The van der Waals surface area contributed by atoms with E-state index in [1.54, 1.807) is 4.88 Å². The Bertz CT molecular complexity index is 517. The highest BCUT2D eigenvalue weighted by Crippen LogP contribution is 2.33. The van der Waals surface area contributed by atoms with Gasteiger partial charge in [0.2, 0.25) is 0 Å². The summed E-state index contributed by atoms with van der Waals surface area (Å²) in [5.41, 5.74) is 8.98. The second-order valence-electron chi connectivity index (χ2n) is 5.08. The van der Waals surface area contributed by atoms with Gasteiger partial charge in [-0.25, -0.2) is 0 Å². The van der Waals surface area contributed by atoms with E-state index in [4.69, 9.17) is 5.73 Å². The van der Waals surface area contributed by atoms with Gasteiger partial charge in [0.1, 0.15) is 0 Å². The fourth-order valence-corrected chi connectivity index (χ4v) is 3.90. The Labute approximate surface area is 112 Å². The Morgan fingerprint density at radius 2 is 2.17 bits per heavy atom. The van der Waals surface area contributed by atoms with E-state index in [0.29, 0.717) is 0 Å². The fraction of sp³-hybridized carbons (Fsp3) is 0.500. The average Bonchev–Trinajstić information content (AvgIpc) is 2.90. The number of nitrogens with zero attached hydrogens (tertiary/aromatic N) is 2. The van der Waals surface area contributed by atoms with Crippen molar-refractivity contribution in [1.29, 1.82) is 0 Å². The number of fused-ring (bicyclic) bond motifs is 1. The van der Waals surface area contributed by atoms with Crippen LogP contribution >= 0.6 is 11.3 Å². The van der Waals surface area contributed by atoms with Gasteiger partial charge in [0.05, 0.1) is 12.2 Å². The Balaban J connectivity index is 1.88. The molecule has 0 spiro atoms. The standard InChI is InChI=1S/C14H19N3S/c1-17-9-11(8-16-17)14(15)13-7-10-5-3-2-4-6-12(10)18-13/h7-9,14H,2-6,15H2,1H3. The monoisotopic (exact) mass is 261 g/mol. The van der Waals surface area contributed by atoms with Crippen LogP contribution in [-0.2, 0) is 19.9 Å². The maximum Gasteiger partial charge on any atom is 0.0677 e. The van der Waals surface area contributed by atoms with Crippen LogP contribution in [0.15, 0.2) is 18.5 Å². The molecule has 2 aromatic rings. The van der Waals surface area contributed by atoms with E-state index in [0.717, 1.165) is 5.56 Å². The van der Waals surface area contributed by atoms with Crippen LogP contribution in [0.3, 0.4) is 0 Å². The smallest absolute Gasteiger partial charge is 0.0677 e. The van der Waals surface area contributed by atoms with Crippen LogP contribution in [0, 0.1) is 0 Å². The van der Waals surface area contributed by atoms with Gasteiger partial charge in [0.15, 0.2) is 0 Å². The van der Waals surface area contributed by atoms with E-state index < -0.39 is 0 Å².